The van der Waals surface area contributed by atoms with Gasteiger partial charge in [0.2, 0.25) is 0 Å². The van der Waals surface area contributed by atoms with E-state index >= 15 is 0 Å². The number of aliphatic carboxylic acids is 1. The molecule has 0 aliphatic carbocycles. The van der Waals surface area contributed by atoms with E-state index in [4.69, 9.17) is 5.11 Å². The predicted molar refractivity (Wildman–Crippen MR) is 74.2 cm³/mol. The molecule has 1 aromatic carbocycles. The fraction of sp³-hybridized carbons (Fsp3) is 0.429. The number of carbonyl (C=O) groups excluding carboxylic acids is 1. The number of hydrogen-bond donors (Lipinski definition) is 3. The molecule has 1 unspecified atom stereocenters. The van der Waals surface area contributed by atoms with Crippen molar-refractivity contribution in [3.63, 3.8) is 0 Å². The van der Waals surface area contributed by atoms with Crippen molar-refractivity contribution in [2.45, 2.75) is 39.2 Å². The number of nitrogens with one attached hydrogen (secondary N) is 2. The van der Waals surface area contributed by atoms with Gasteiger partial charge in [-0.15, -0.1) is 0 Å². The SMILES string of the molecule is Cc1ccc(F)c(NC(=O)NC(C)CCCC(=O)O)c1. The largest absolute Gasteiger partial charge is 0.481 e. The van der Waals surface area contributed by atoms with E-state index in [9.17, 15) is 14.0 Å². The van der Waals surface area contributed by atoms with Gasteiger partial charge in [-0.3, -0.25) is 4.79 Å². The molecule has 0 saturated heterocycles. The van der Waals surface area contributed by atoms with Crippen molar-refractivity contribution < 1.29 is 19.1 Å². The third kappa shape index (κ3) is 5.69. The summed E-state index contributed by atoms with van der Waals surface area (Å²) in [5, 5.41) is 13.6. The van der Waals surface area contributed by atoms with Gasteiger partial charge in [-0.25, -0.2) is 9.18 Å². The number of urea groups is 1. The van der Waals surface area contributed by atoms with Crippen LogP contribution < -0.4 is 10.6 Å². The van der Waals surface area contributed by atoms with Gasteiger partial charge in [0.25, 0.3) is 0 Å². The van der Waals surface area contributed by atoms with E-state index in [1.807, 2.05) is 0 Å². The molecule has 3 N–H and O–H groups in total. The summed E-state index contributed by atoms with van der Waals surface area (Å²) in [6.07, 6.45) is 1.10. The molecule has 1 aromatic rings. The van der Waals surface area contributed by atoms with Crippen molar-refractivity contribution in [1.29, 1.82) is 0 Å². The van der Waals surface area contributed by atoms with Gasteiger partial charge in [0, 0.05) is 12.5 Å². The minimum absolute atomic E-state index is 0.0696. The third-order valence-corrected chi connectivity index (χ3v) is 2.78. The van der Waals surface area contributed by atoms with E-state index in [0.717, 1.165) is 5.56 Å². The van der Waals surface area contributed by atoms with Gasteiger partial charge in [0.15, 0.2) is 0 Å². The predicted octanol–water partition coefficient (Wildman–Crippen LogP) is 2.90. The van der Waals surface area contributed by atoms with Crippen LogP contribution in [0.5, 0.6) is 0 Å². The number of aryl methyl sites for hydroxylation is 1. The summed E-state index contributed by atoms with van der Waals surface area (Å²) in [6.45, 7) is 3.57. The number of halogens is 1. The van der Waals surface area contributed by atoms with Crippen LogP contribution in [0.25, 0.3) is 0 Å². The molecule has 1 atom stereocenters. The summed E-state index contributed by atoms with van der Waals surface area (Å²) >= 11 is 0. The van der Waals surface area contributed by atoms with Gasteiger partial charge in [0.05, 0.1) is 5.69 Å². The van der Waals surface area contributed by atoms with Crippen molar-refractivity contribution in [3.05, 3.63) is 29.6 Å². The highest BCUT2D eigenvalue weighted by molar-refractivity contribution is 5.89. The zero-order valence-corrected chi connectivity index (χ0v) is 11.6. The normalized spacial score (nSPS) is 11.8. The molecule has 0 heterocycles. The second-order valence-corrected chi connectivity index (χ2v) is 4.77. The maximum atomic E-state index is 13.5. The summed E-state index contributed by atoms with van der Waals surface area (Å²) in [4.78, 5) is 22.1. The minimum atomic E-state index is -0.858. The monoisotopic (exact) mass is 282 g/mol. The smallest absolute Gasteiger partial charge is 0.319 e. The van der Waals surface area contributed by atoms with E-state index < -0.39 is 17.8 Å². The van der Waals surface area contributed by atoms with Crippen molar-refractivity contribution in [1.82, 2.24) is 5.32 Å². The van der Waals surface area contributed by atoms with E-state index in [0.29, 0.717) is 12.8 Å². The van der Waals surface area contributed by atoms with Crippen LogP contribution in [0.4, 0.5) is 14.9 Å². The first-order valence-electron chi connectivity index (χ1n) is 6.44. The Hall–Kier alpha value is -2.11. The lowest BCUT2D eigenvalue weighted by molar-refractivity contribution is -0.137. The number of hydrogen-bond acceptors (Lipinski definition) is 2. The Balaban J connectivity index is 2.43. The van der Waals surface area contributed by atoms with Crippen LogP contribution in [0.3, 0.4) is 0 Å². The topological polar surface area (TPSA) is 78.4 Å². The average Bonchev–Trinajstić information content (AvgIpc) is 2.33. The molecular weight excluding hydrogens is 263 g/mol. The molecule has 1 rings (SSSR count). The summed E-state index contributed by atoms with van der Waals surface area (Å²) in [5.41, 5.74) is 0.969. The van der Waals surface area contributed by atoms with Crippen molar-refractivity contribution in [3.8, 4) is 0 Å². The van der Waals surface area contributed by atoms with Gasteiger partial charge >= 0.3 is 12.0 Å². The molecule has 2 amide bonds. The van der Waals surface area contributed by atoms with Gasteiger partial charge in [0.1, 0.15) is 5.82 Å². The molecule has 110 valence electrons. The maximum absolute atomic E-state index is 13.5. The second kappa shape index (κ2) is 7.47. The van der Waals surface area contributed by atoms with Crippen molar-refractivity contribution in [2.24, 2.45) is 0 Å². The number of carbonyl (C=O) groups is 2. The molecule has 0 radical (unpaired) electrons. The zero-order chi connectivity index (χ0) is 15.1. The summed E-state index contributed by atoms with van der Waals surface area (Å²) in [5.74, 6) is -1.35. The molecule has 0 fully saturated rings. The second-order valence-electron chi connectivity index (χ2n) is 4.77. The first-order valence-corrected chi connectivity index (χ1v) is 6.44. The average molecular weight is 282 g/mol. The Bertz CT molecular complexity index is 491. The fourth-order valence-corrected chi connectivity index (χ4v) is 1.75. The van der Waals surface area contributed by atoms with Crippen LogP contribution in [0.2, 0.25) is 0 Å². The molecule has 0 spiro atoms. The van der Waals surface area contributed by atoms with Crippen LogP contribution in [0, 0.1) is 12.7 Å². The van der Waals surface area contributed by atoms with Crippen LogP contribution in [0.1, 0.15) is 31.7 Å². The standard InChI is InChI=1S/C14H19FN2O3/c1-9-6-7-11(15)12(8-9)17-14(20)16-10(2)4-3-5-13(18)19/h6-8,10H,3-5H2,1-2H3,(H,18,19)(H2,16,17,20). The molecule has 6 heteroatoms. The van der Waals surface area contributed by atoms with E-state index in [2.05, 4.69) is 10.6 Å². The van der Waals surface area contributed by atoms with Crippen LogP contribution in [-0.4, -0.2) is 23.1 Å². The number of rotatable bonds is 6. The van der Waals surface area contributed by atoms with Gasteiger partial charge in [-0.05, 0) is 44.4 Å². The Labute approximate surface area is 117 Å². The third-order valence-electron chi connectivity index (χ3n) is 2.78. The Morgan fingerprint density at radius 2 is 2.10 bits per heavy atom. The van der Waals surface area contributed by atoms with Crippen molar-refractivity contribution >= 4 is 17.7 Å². The van der Waals surface area contributed by atoms with Crippen LogP contribution in [-0.2, 0) is 4.79 Å². The highest BCUT2D eigenvalue weighted by Gasteiger charge is 2.10. The summed E-state index contributed by atoms with van der Waals surface area (Å²) in [7, 11) is 0. The number of carboxylic acid groups (broad SMARTS) is 1. The summed E-state index contributed by atoms with van der Waals surface area (Å²) in [6, 6.07) is 3.78. The maximum Gasteiger partial charge on any atom is 0.319 e. The molecule has 0 bridgehead atoms. The highest BCUT2D eigenvalue weighted by Crippen LogP contribution is 2.15. The van der Waals surface area contributed by atoms with Gasteiger partial charge < -0.3 is 15.7 Å². The first kappa shape index (κ1) is 15.9. The zero-order valence-electron chi connectivity index (χ0n) is 11.6. The first-order chi connectivity index (χ1) is 9.38. The molecule has 0 aliphatic heterocycles. The van der Waals surface area contributed by atoms with Crippen LogP contribution in [0.15, 0.2) is 18.2 Å². The Morgan fingerprint density at radius 1 is 1.40 bits per heavy atom. The van der Waals surface area contributed by atoms with Crippen LogP contribution >= 0.6 is 0 Å². The van der Waals surface area contributed by atoms with E-state index in [-0.39, 0.29) is 18.2 Å². The molecule has 5 nitrogen and oxygen atoms in total. The minimum Gasteiger partial charge on any atom is -0.481 e. The molecular formula is C14H19FN2O3. The van der Waals surface area contributed by atoms with Gasteiger partial charge in [-0.1, -0.05) is 6.07 Å². The quantitative estimate of drug-likeness (QED) is 0.750. The molecule has 20 heavy (non-hydrogen) atoms. The Kier molecular flexibility index (Phi) is 5.96. The lowest BCUT2D eigenvalue weighted by Gasteiger charge is -2.14. The molecule has 0 aliphatic rings. The lowest BCUT2D eigenvalue weighted by Crippen LogP contribution is -2.36. The van der Waals surface area contributed by atoms with Gasteiger partial charge in [-0.2, -0.15) is 0 Å². The summed E-state index contributed by atoms with van der Waals surface area (Å²) < 4.78 is 13.5. The highest BCUT2D eigenvalue weighted by atomic mass is 19.1. The number of amides is 2. The number of benzene rings is 1. The fourth-order valence-electron chi connectivity index (χ4n) is 1.75. The number of anilines is 1. The molecule has 0 saturated carbocycles. The van der Waals surface area contributed by atoms with Crippen molar-refractivity contribution in [2.75, 3.05) is 5.32 Å². The number of carboxylic acids is 1. The lowest BCUT2D eigenvalue weighted by atomic mass is 10.1. The van der Waals surface area contributed by atoms with E-state index in [1.165, 1.54) is 6.07 Å². The van der Waals surface area contributed by atoms with E-state index in [1.54, 1.807) is 26.0 Å². The molecule has 0 aromatic heterocycles. The Morgan fingerprint density at radius 3 is 2.75 bits per heavy atom.